The lowest BCUT2D eigenvalue weighted by Gasteiger charge is -2.09. The largest absolute Gasteiger partial charge is 0.321 e. The third-order valence-electron chi connectivity index (χ3n) is 3.49. The maximum absolute atomic E-state index is 12.4. The van der Waals surface area contributed by atoms with Crippen LogP contribution in [0.2, 0.25) is 0 Å². The lowest BCUT2D eigenvalue weighted by Crippen LogP contribution is -2.15. The molecule has 132 valence electrons. The van der Waals surface area contributed by atoms with Gasteiger partial charge < -0.3 is 4.98 Å². The standard InChI is InChI=1S/C17H12ClN3O4S/c18-16(22)14-6-7-15(20-17(14)23)11-3-1-4-12(9-11)21-26(24,25)13-5-2-8-19-10-13/h1-10,21H,(H,20,23). The molecule has 0 atom stereocenters. The third kappa shape index (κ3) is 3.81. The molecule has 0 aliphatic carbocycles. The molecule has 0 aliphatic heterocycles. The summed E-state index contributed by atoms with van der Waals surface area (Å²) in [5, 5.41) is -0.851. The highest BCUT2D eigenvalue weighted by molar-refractivity contribution is 7.92. The molecule has 2 N–H and O–H groups in total. The van der Waals surface area contributed by atoms with E-state index in [0.717, 1.165) is 0 Å². The van der Waals surface area contributed by atoms with Crippen molar-refractivity contribution in [1.29, 1.82) is 0 Å². The number of hydrogen-bond acceptors (Lipinski definition) is 5. The highest BCUT2D eigenvalue weighted by atomic mass is 35.5. The van der Waals surface area contributed by atoms with E-state index in [1.807, 2.05) is 0 Å². The first-order valence-corrected chi connectivity index (χ1v) is 9.19. The van der Waals surface area contributed by atoms with Crippen molar-refractivity contribution in [2.75, 3.05) is 4.72 Å². The summed E-state index contributed by atoms with van der Waals surface area (Å²) in [5.41, 5.74) is 0.499. The van der Waals surface area contributed by atoms with Gasteiger partial charge in [-0.1, -0.05) is 12.1 Å². The highest BCUT2D eigenvalue weighted by Crippen LogP contribution is 2.22. The molecule has 0 unspecified atom stereocenters. The van der Waals surface area contributed by atoms with Gasteiger partial charge in [-0.3, -0.25) is 19.3 Å². The van der Waals surface area contributed by atoms with E-state index in [0.29, 0.717) is 16.9 Å². The molecule has 7 nitrogen and oxygen atoms in total. The average molecular weight is 390 g/mol. The van der Waals surface area contributed by atoms with Crippen LogP contribution >= 0.6 is 11.6 Å². The van der Waals surface area contributed by atoms with Crippen molar-refractivity contribution in [2.24, 2.45) is 0 Å². The molecule has 3 aromatic rings. The second-order valence-corrected chi connectivity index (χ2v) is 7.29. The summed E-state index contributed by atoms with van der Waals surface area (Å²) in [5.74, 6) is 0. The van der Waals surface area contributed by atoms with E-state index in [1.54, 1.807) is 24.3 Å². The molecule has 26 heavy (non-hydrogen) atoms. The molecular weight excluding hydrogens is 378 g/mol. The maximum atomic E-state index is 12.4. The second-order valence-electron chi connectivity index (χ2n) is 5.26. The Kier molecular flexibility index (Phi) is 4.88. The Labute approximate surface area is 153 Å². The number of sulfonamides is 1. The summed E-state index contributed by atoms with van der Waals surface area (Å²) < 4.78 is 27.2. The zero-order chi connectivity index (χ0) is 18.7. The number of nitrogens with one attached hydrogen (secondary N) is 2. The number of anilines is 1. The molecule has 1 aromatic carbocycles. The molecule has 3 rings (SSSR count). The Morgan fingerprint density at radius 1 is 1.12 bits per heavy atom. The van der Waals surface area contributed by atoms with Crippen LogP contribution < -0.4 is 10.3 Å². The number of aromatic nitrogens is 2. The Morgan fingerprint density at radius 2 is 1.92 bits per heavy atom. The van der Waals surface area contributed by atoms with Crippen LogP contribution in [0.15, 0.2) is 70.6 Å². The molecule has 0 aliphatic rings. The number of carbonyl (C=O) groups excluding carboxylic acids is 1. The first kappa shape index (κ1) is 17.8. The van der Waals surface area contributed by atoms with E-state index in [2.05, 4.69) is 14.7 Å². The van der Waals surface area contributed by atoms with Crippen molar-refractivity contribution in [3.05, 3.63) is 76.8 Å². The number of carbonyl (C=O) groups is 1. The third-order valence-corrected chi connectivity index (χ3v) is 5.06. The summed E-state index contributed by atoms with van der Waals surface area (Å²) in [6, 6.07) is 12.2. The van der Waals surface area contributed by atoms with Crippen molar-refractivity contribution in [3.63, 3.8) is 0 Å². The predicted octanol–water partition coefficient (Wildman–Crippen LogP) is 2.62. The zero-order valence-electron chi connectivity index (χ0n) is 13.1. The Bertz CT molecular complexity index is 1130. The fourth-order valence-electron chi connectivity index (χ4n) is 2.27. The van der Waals surface area contributed by atoms with Crippen LogP contribution in [0.5, 0.6) is 0 Å². The smallest absolute Gasteiger partial charge is 0.263 e. The van der Waals surface area contributed by atoms with Crippen LogP contribution in [0.25, 0.3) is 11.3 Å². The number of benzene rings is 1. The zero-order valence-corrected chi connectivity index (χ0v) is 14.7. The average Bonchev–Trinajstić information content (AvgIpc) is 2.62. The van der Waals surface area contributed by atoms with Crippen molar-refractivity contribution in [3.8, 4) is 11.3 Å². The number of hydrogen-bond donors (Lipinski definition) is 2. The van der Waals surface area contributed by atoms with Gasteiger partial charge in [-0.25, -0.2) is 8.42 Å². The molecule has 0 amide bonds. The topological polar surface area (TPSA) is 109 Å². The van der Waals surface area contributed by atoms with Gasteiger partial charge in [0.25, 0.3) is 20.8 Å². The molecule has 0 fully saturated rings. The van der Waals surface area contributed by atoms with Crippen molar-refractivity contribution >= 4 is 32.6 Å². The van der Waals surface area contributed by atoms with Gasteiger partial charge in [-0.15, -0.1) is 0 Å². The van der Waals surface area contributed by atoms with E-state index in [-0.39, 0.29) is 10.5 Å². The molecule has 0 saturated heterocycles. The lowest BCUT2D eigenvalue weighted by atomic mass is 10.1. The van der Waals surface area contributed by atoms with Crippen molar-refractivity contribution in [2.45, 2.75) is 4.90 Å². The molecule has 0 spiro atoms. The van der Waals surface area contributed by atoms with Gasteiger partial charge in [0, 0.05) is 29.3 Å². The predicted molar refractivity (Wildman–Crippen MR) is 97.7 cm³/mol. The summed E-state index contributed by atoms with van der Waals surface area (Å²) in [6.45, 7) is 0. The monoisotopic (exact) mass is 389 g/mol. The minimum Gasteiger partial charge on any atom is -0.321 e. The van der Waals surface area contributed by atoms with E-state index in [1.165, 1.54) is 36.7 Å². The fourth-order valence-corrected chi connectivity index (χ4v) is 3.43. The minimum absolute atomic E-state index is 0.0313. The van der Waals surface area contributed by atoms with Gasteiger partial charge in [0.15, 0.2) is 0 Å². The number of aromatic amines is 1. The molecule has 0 saturated carbocycles. The van der Waals surface area contributed by atoms with E-state index in [9.17, 15) is 18.0 Å². The molecule has 9 heteroatoms. The van der Waals surface area contributed by atoms with Crippen LogP contribution in [0.1, 0.15) is 10.4 Å². The SMILES string of the molecule is O=C(Cl)c1ccc(-c2cccc(NS(=O)(=O)c3cccnc3)c2)[nH]c1=O. The number of nitrogens with zero attached hydrogens (tertiary/aromatic N) is 1. The summed E-state index contributed by atoms with van der Waals surface area (Å²) in [4.78, 5) is 29.4. The second kappa shape index (κ2) is 7.11. The Morgan fingerprint density at radius 3 is 2.58 bits per heavy atom. The molecule has 2 heterocycles. The van der Waals surface area contributed by atoms with Gasteiger partial charge in [0.1, 0.15) is 4.90 Å². The van der Waals surface area contributed by atoms with Gasteiger partial charge in [-0.05, 0) is 48.0 Å². The molecule has 0 bridgehead atoms. The molecule has 2 aromatic heterocycles. The van der Waals surface area contributed by atoms with Crippen LogP contribution in [-0.4, -0.2) is 23.6 Å². The molecular formula is C17H12ClN3O4S. The number of H-pyrrole nitrogens is 1. The van der Waals surface area contributed by atoms with E-state index in [4.69, 9.17) is 11.6 Å². The quantitative estimate of drug-likeness (QED) is 0.652. The van der Waals surface area contributed by atoms with Gasteiger partial charge >= 0.3 is 0 Å². The lowest BCUT2D eigenvalue weighted by molar-refractivity contribution is 0.108. The van der Waals surface area contributed by atoms with Crippen LogP contribution in [0.4, 0.5) is 5.69 Å². The number of rotatable bonds is 5. The molecule has 0 radical (unpaired) electrons. The highest BCUT2D eigenvalue weighted by Gasteiger charge is 2.15. The minimum atomic E-state index is -3.78. The summed E-state index contributed by atoms with van der Waals surface area (Å²) in [7, 11) is -3.78. The number of pyridine rings is 2. The summed E-state index contributed by atoms with van der Waals surface area (Å²) >= 11 is 5.32. The van der Waals surface area contributed by atoms with E-state index >= 15 is 0 Å². The van der Waals surface area contributed by atoms with Crippen LogP contribution in [0, 0.1) is 0 Å². The van der Waals surface area contributed by atoms with Crippen molar-refractivity contribution < 1.29 is 13.2 Å². The van der Waals surface area contributed by atoms with E-state index < -0.39 is 20.8 Å². The first-order valence-electron chi connectivity index (χ1n) is 7.33. The Hall–Kier alpha value is -2.97. The van der Waals surface area contributed by atoms with Gasteiger partial charge in [0.05, 0.1) is 5.56 Å². The number of halogens is 1. The van der Waals surface area contributed by atoms with Gasteiger partial charge in [0.2, 0.25) is 0 Å². The maximum Gasteiger partial charge on any atom is 0.263 e. The van der Waals surface area contributed by atoms with Crippen LogP contribution in [-0.2, 0) is 10.0 Å². The normalized spacial score (nSPS) is 11.1. The Balaban J connectivity index is 1.93. The van der Waals surface area contributed by atoms with Gasteiger partial charge in [-0.2, -0.15) is 0 Å². The van der Waals surface area contributed by atoms with Crippen molar-refractivity contribution in [1.82, 2.24) is 9.97 Å². The first-order chi connectivity index (χ1) is 12.4. The van der Waals surface area contributed by atoms with Crippen LogP contribution in [0.3, 0.4) is 0 Å². The summed E-state index contributed by atoms with van der Waals surface area (Å²) in [6.07, 6.45) is 2.72. The fraction of sp³-hybridized carbons (Fsp3) is 0.